The molecule has 2 rings (SSSR count). The van der Waals surface area contributed by atoms with Crippen LogP contribution in [0.1, 0.15) is 45.6 Å². The molecule has 28 heavy (non-hydrogen) atoms. The van der Waals surface area contributed by atoms with E-state index in [9.17, 15) is 4.79 Å². The first-order chi connectivity index (χ1) is 12.9. The third-order valence-corrected chi connectivity index (χ3v) is 5.47. The molecule has 0 saturated carbocycles. The maximum atomic E-state index is 11.6. The van der Waals surface area contributed by atoms with Crippen LogP contribution in [0.4, 0.5) is 0 Å². The molecule has 1 aliphatic heterocycles. The molecule has 0 aromatic heterocycles. The second-order valence-electron chi connectivity index (χ2n) is 7.87. The Balaban J connectivity index is 0.00000392. The number of piperidine rings is 1. The number of aliphatic imine (C=N–C) groups is 1. The molecule has 0 radical (unpaired) electrons. The van der Waals surface area contributed by atoms with Gasteiger partial charge < -0.3 is 15.5 Å². The van der Waals surface area contributed by atoms with E-state index in [4.69, 9.17) is 16.6 Å². The zero-order valence-electron chi connectivity index (χ0n) is 17.4. The molecule has 2 N–H and O–H groups in total. The summed E-state index contributed by atoms with van der Waals surface area (Å²) in [7, 11) is 1.70. The highest BCUT2D eigenvalue weighted by molar-refractivity contribution is 14.0. The minimum Gasteiger partial charge on any atom is -0.359 e. The molecule has 1 heterocycles. The molecule has 7 heteroatoms. The van der Waals surface area contributed by atoms with Crippen molar-refractivity contribution in [1.82, 2.24) is 15.5 Å². The van der Waals surface area contributed by atoms with E-state index in [2.05, 4.69) is 42.4 Å². The van der Waals surface area contributed by atoms with Crippen LogP contribution in [0.3, 0.4) is 0 Å². The van der Waals surface area contributed by atoms with Gasteiger partial charge in [-0.25, -0.2) is 0 Å². The fraction of sp³-hybridized carbons (Fsp3) is 0.619. The van der Waals surface area contributed by atoms with Crippen LogP contribution >= 0.6 is 35.6 Å². The molecule has 1 aliphatic rings. The maximum Gasteiger partial charge on any atom is 0.220 e. The molecule has 1 amide bonds. The van der Waals surface area contributed by atoms with Gasteiger partial charge in [0.1, 0.15) is 0 Å². The van der Waals surface area contributed by atoms with Crippen LogP contribution in [-0.4, -0.2) is 50.0 Å². The number of nitrogens with one attached hydrogen (secondary N) is 2. The van der Waals surface area contributed by atoms with Crippen LogP contribution in [0.15, 0.2) is 29.3 Å². The summed E-state index contributed by atoms with van der Waals surface area (Å²) in [6.45, 7) is 9.89. The predicted octanol–water partition coefficient (Wildman–Crippen LogP) is 4.05. The van der Waals surface area contributed by atoms with Crippen molar-refractivity contribution in [2.24, 2.45) is 10.9 Å². The van der Waals surface area contributed by atoms with E-state index < -0.39 is 0 Å². The Kier molecular flexibility index (Phi) is 10.6. The Morgan fingerprint density at radius 1 is 1.32 bits per heavy atom. The summed E-state index contributed by atoms with van der Waals surface area (Å²) in [6.07, 6.45) is 2.67. The van der Waals surface area contributed by atoms with Gasteiger partial charge in [0.15, 0.2) is 5.96 Å². The van der Waals surface area contributed by atoms with Gasteiger partial charge in [-0.15, -0.1) is 24.0 Å². The SMILES string of the molecule is CCNC(=NCC(C)(C)c1cccc(Cl)c1)N1CCC(CC(=O)NC)CC1.I. The van der Waals surface area contributed by atoms with E-state index in [1.165, 1.54) is 5.56 Å². The predicted molar refractivity (Wildman–Crippen MR) is 129 cm³/mol. The van der Waals surface area contributed by atoms with Crippen LogP contribution in [0, 0.1) is 5.92 Å². The van der Waals surface area contributed by atoms with Gasteiger partial charge in [0.05, 0.1) is 6.54 Å². The van der Waals surface area contributed by atoms with Crippen molar-refractivity contribution in [3.05, 3.63) is 34.9 Å². The lowest BCUT2D eigenvalue weighted by molar-refractivity contribution is -0.121. The Morgan fingerprint density at radius 2 is 2.00 bits per heavy atom. The number of nitrogens with zero attached hydrogens (tertiary/aromatic N) is 2. The van der Waals surface area contributed by atoms with Crippen molar-refractivity contribution in [3.63, 3.8) is 0 Å². The molecule has 158 valence electrons. The van der Waals surface area contributed by atoms with Gasteiger partial charge in [0.2, 0.25) is 5.91 Å². The second kappa shape index (κ2) is 11.9. The molecule has 0 aliphatic carbocycles. The number of likely N-dealkylation sites (tertiary alicyclic amines) is 1. The lowest BCUT2D eigenvalue weighted by Gasteiger charge is -2.34. The molecule has 5 nitrogen and oxygen atoms in total. The van der Waals surface area contributed by atoms with E-state index in [1.807, 2.05) is 18.2 Å². The van der Waals surface area contributed by atoms with Crippen molar-refractivity contribution in [2.75, 3.05) is 33.2 Å². The number of rotatable bonds is 6. The summed E-state index contributed by atoms with van der Waals surface area (Å²) in [6, 6.07) is 8.02. The van der Waals surface area contributed by atoms with Crippen LogP contribution in [-0.2, 0) is 10.2 Å². The van der Waals surface area contributed by atoms with Crippen LogP contribution in [0.25, 0.3) is 0 Å². The van der Waals surface area contributed by atoms with E-state index in [0.717, 1.165) is 43.5 Å². The minimum atomic E-state index is -0.0941. The topological polar surface area (TPSA) is 56.7 Å². The van der Waals surface area contributed by atoms with Gasteiger partial charge in [-0.05, 0) is 43.4 Å². The van der Waals surface area contributed by atoms with Crippen molar-refractivity contribution < 1.29 is 4.79 Å². The zero-order valence-corrected chi connectivity index (χ0v) is 20.5. The Bertz CT molecular complexity index is 658. The van der Waals surface area contributed by atoms with Gasteiger partial charge in [-0.3, -0.25) is 9.79 Å². The first kappa shape index (κ1) is 25.0. The summed E-state index contributed by atoms with van der Waals surface area (Å²) in [5, 5.41) is 6.91. The lowest BCUT2D eigenvalue weighted by Crippen LogP contribution is -2.46. The molecule has 1 aromatic rings. The fourth-order valence-electron chi connectivity index (χ4n) is 3.41. The average molecular weight is 521 g/mol. The number of hydrogen-bond donors (Lipinski definition) is 2. The highest BCUT2D eigenvalue weighted by Crippen LogP contribution is 2.26. The zero-order chi connectivity index (χ0) is 19.9. The highest BCUT2D eigenvalue weighted by atomic mass is 127. The van der Waals surface area contributed by atoms with E-state index in [-0.39, 0.29) is 35.3 Å². The van der Waals surface area contributed by atoms with Crippen molar-refractivity contribution >= 4 is 47.4 Å². The van der Waals surface area contributed by atoms with Crippen molar-refractivity contribution in [3.8, 4) is 0 Å². The molecule has 0 atom stereocenters. The van der Waals surface area contributed by atoms with Gasteiger partial charge >= 0.3 is 0 Å². The number of guanidine groups is 1. The van der Waals surface area contributed by atoms with Crippen molar-refractivity contribution in [1.29, 1.82) is 0 Å². The van der Waals surface area contributed by atoms with Crippen molar-refractivity contribution in [2.45, 2.75) is 45.4 Å². The number of carbonyl (C=O) groups is 1. The first-order valence-corrected chi connectivity index (χ1v) is 10.2. The van der Waals surface area contributed by atoms with Crippen LogP contribution in [0.5, 0.6) is 0 Å². The van der Waals surface area contributed by atoms with Gasteiger partial charge in [0.25, 0.3) is 0 Å². The van der Waals surface area contributed by atoms with Crippen LogP contribution < -0.4 is 10.6 Å². The van der Waals surface area contributed by atoms with Gasteiger partial charge in [0, 0.05) is 43.5 Å². The third-order valence-electron chi connectivity index (χ3n) is 5.23. The van der Waals surface area contributed by atoms with E-state index >= 15 is 0 Å². The van der Waals surface area contributed by atoms with Gasteiger partial charge in [-0.1, -0.05) is 37.6 Å². The Morgan fingerprint density at radius 3 is 2.57 bits per heavy atom. The number of halogens is 2. The van der Waals surface area contributed by atoms with E-state index in [0.29, 0.717) is 18.9 Å². The maximum absolute atomic E-state index is 11.6. The quantitative estimate of drug-likeness (QED) is 0.338. The number of carbonyl (C=O) groups excluding carboxylic acids is 1. The normalized spacial score (nSPS) is 15.8. The summed E-state index contributed by atoms with van der Waals surface area (Å²) >= 11 is 6.16. The standard InChI is InChI=1S/C21H33ClN4O.HI/c1-5-24-20(26-11-9-16(10-12-26)13-19(27)23-4)25-15-21(2,3)17-7-6-8-18(22)14-17;/h6-8,14,16H,5,9-13,15H2,1-4H3,(H,23,27)(H,24,25);1H. The Labute approximate surface area is 191 Å². The third kappa shape index (κ3) is 7.43. The molecule has 1 fully saturated rings. The molecule has 0 unspecified atom stereocenters. The smallest absolute Gasteiger partial charge is 0.220 e. The first-order valence-electron chi connectivity index (χ1n) is 9.85. The monoisotopic (exact) mass is 520 g/mol. The number of benzene rings is 1. The summed E-state index contributed by atoms with van der Waals surface area (Å²) in [4.78, 5) is 18.8. The fourth-order valence-corrected chi connectivity index (χ4v) is 3.60. The molecule has 0 spiro atoms. The molecular weight excluding hydrogens is 487 g/mol. The average Bonchev–Trinajstić information content (AvgIpc) is 2.66. The summed E-state index contributed by atoms with van der Waals surface area (Å²) in [5.74, 6) is 1.57. The largest absolute Gasteiger partial charge is 0.359 e. The molecular formula is C21H34ClIN4O. The molecule has 0 bridgehead atoms. The Hall–Kier alpha value is -1.02. The summed E-state index contributed by atoms with van der Waals surface area (Å²) < 4.78 is 0. The summed E-state index contributed by atoms with van der Waals surface area (Å²) in [5.41, 5.74) is 1.10. The molecule has 1 aromatic carbocycles. The van der Waals surface area contributed by atoms with Crippen LogP contribution in [0.2, 0.25) is 5.02 Å². The minimum absolute atomic E-state index is 0. The molecule has 1 saturated heterocycles. The second-order valence-corrected chi connectivity index (χ2v) is 8.31. The number of hydrogen-bond acceptors (Lipinski definition) is 2. The number of amides is 1. The lowest BCUT2D eigenvalue weighted by atomic mass is 9.85. The van der Waals surface area contributed by atoms with Gasteiger partial charge in [-0.2, -0.15) is 0 Å². The van der Waals surface area contributed by atoms with E-state index in [1.54, 1.807) is 7.05 Å². The highest BCUT2D eigenvalue weighted by Gasteiger charge is 2.25.